The maximum absolute atomic E-state index is 13.8. The number of amides is 2. The highest BCUT2D eigenvalue weighted by Crippen LogP contribution is 2.31. The molecular weight excluding hydrogens is 506 g/mol. The van der Waals surface area contributed by atoms with E-state index in [4.69, 9.17) is 11.6 Å². The molecule has 1 N–H and O–H groups in total. The lowest BCUT2D eigenvalue weighted by Gasteiger charge is -2.34. The van der Waals surface area contributed by atoms with E-state index in [1.165, 1.54) is 24.0 Å². The molecule has 1 unspecified atom stereocenters. The summed E-state index contributed by atoms with van der Waals surface area (Å²) in [6, 6.07) is 5.98. The third-order valence-corrected chi connectivity index (χ3v) is 9.31. The fraction of sp³-hybridized carbons (Fsp3) is 0.480. The lowest BCUT2D eigenvalue weighted by atomic mass is 10.1. The van der Waals surface area contributed by atoms with Gasteiger partial charge in [-0.2, -0.15) is 4.31 Å². The first-order chi connectivity index (χ1) is 17.0. The average molecular weight is 536 g/mol. The highest BCUT2D eigenvalue weighted by atomic mass is 35.5. The van der Waals surface area contributed by atoms with Crippen LogP contribution in [-0.4, -0.2) is 83.2 Å². The molecule has 2 saturated heterocycles. The topological polar surface area (TPSA) is 115 Å². The molecule has 0 radical (unpaired) electrons. The molecule has 2 amide bonds. The molecule has 2 aromatic carbocycles. The number of nitrogens with zero attached hydrogens (tertiary/aromatic N) is 3. The standard InChI is InChI=1S/C25H30ClN3O6S/c1-16(23(30)27-11-4-3-5-12-27)28-13-10-22(24(28)31)29(17(2)25(32)33)36(34,35)21-9-7-18-14-20(26)8-6-19(18)15-21/h6-9,14-17,22H,3-5,10-13H2,1-2H3,(H,32,33)/t16-,17?,22-/m0/s1. The number of carboxylic acids is 1. The quantitative estimate of drug-likeness (QED) is 0.583. The predicted octanol–water partition coefficient (Wildman–Crippen LogP) is 2.96. The fourth-order valence-corrected chi connectivity index (χ4v) is 7.03. The van der Waals surface area contributed by atoms with Crippen LogP contribution in [0.4, 0.5) is 0 Å². The van der Waals surface area contributed by atoms with Crippen LogP contribution >= 0.6 is 11.6 Å². The maximum atomic E-state index is 13.8. The Hall–Kier alpha value is -2.69. The summed E-state index contributed by atoms with van der Waals surface area (Å²) >= 11 is 6.03. The third-order valence-electron chi connectivity index (χ3n) is 7.10. The normalized spacial score (nSPS) is 20.7. The molecule has 2 aliphatic heterocycles. The Kier molecular flexibility index (Phi) is 7.59. The van der Waals surface area contributed by atoms with Gasteiger partial charge in [0.1, 0.15) is 18.1 Å². The lowest BCUT2D eigenvalue weighted by Crippen LogP contribution is -2.54. The molecule has 0 saturated carbocycles. The lowest BCUT2D eigenvalue weighted by molar-refractivity contribution is -0.146. The van der Waals surface area contributed by atoms with Gasteiger partial charge in [-0.25, -0.2) is 8.42 Å². The van der Waals surface area contributed by atoms with Crippen molar-refractivity contribution in [1.29, 1.82) is 0 Å². The van der Waals surface area contributed by atoms with Gasteiger partial charge in [-0.1, -0.05) is 23.7 Å². The first kappa shape index (κ1) is 26.4. The van der Waals surface area contributed by atoms with Gasteiger partial charge in [0.15, 0.2) is 0 Å². The summed E-state index contributed by atoms with van der Waals surface area (Å²) in [5.41, 5.74) is 0. The highest BCUT2D eigenvalue weighted by molar-refractivity contribution is 7.89. The van der Waals surface area contributed by atoms with Gasteiger partial charge < -0.3 is 14.9 Å². The Morgan fingerprint density at radius 2 is 1.67 bits per heavy atom. The smallest absolute Gasteiger partial charge is 0.321 e. The number of likely N-dealkylation sites (tertiary alicyclic amines) is 2. The summed E-state index contributed by atoms with van der Waals surface area (Å²) in [5.74, 6) is -2.09. The maximum Gasteiger partial charge on any atom is 0.321 e. The van der Waals surface area contributed by atoms with Gasteiger partial charge in [0.2, 0.25) is 21.8 Å². The predicted molar refractivity (Wildman–Crippen MR) is 135 cm³/mol. The fourth-order valence-electron chi connectivity index (χ4n) is 5.05. The second kappa shape index (κ2) is 10.4. The van der Waals surface area contributed by atoms with E-state index in [-0.39, 0.29) is 23.8 Å². The van der Waals surface area contributed by atoms with Crippen LogP contribution in [0.15, 0.2) is 41.3 Å². The number of aliphatic carboxylic acids is 1. The van der Waals surface area contributed by atoms with Crippen LogP contribution in [0.2, 0.25) is 5.02 Å². The van der Waals surface area contributed by atoms with Crippen LogP contribution in [0.25, 0.3) is 10.8 Å². The molecule has 0 aliphatic carbocycles. The van der Waals surface area contributed by atoms with Crippen molar-refractivity contribution >= 4 is 50.2 Å². The van der Waals surface area contributed by atoms with Gasteiger partial charge in [0.25, 0.3) is 0 Å². The number of piperidine rings is 1. The van der Waals surface area contributed by atoms with Crippen molar-refractivity contribution in [3.05, 3.63) is 41.4 Å². The molecule has 194 valence electrons. The third kappa shape index (κ3) is 4.94. The molecule has 0 spiro atoms. The second-order valence-corrected chi connectivity index (χ2v) is 11.7. The zero-order valence-corrected chi connectivity index (χ0v) is 21.8. The summed E-state index contributed by atoms with van der Waals surface area (Å²) in [4.78, 5) is 41.4. The summed E-state index contributed by atoms with van der Waals surface area (Å²) in [6.45, 7) is 4.33. The van der Waals surface area contributed by atoms with Crippen molar-refractivity contribution in [3.8, 4) is 0 Å². The van der Waals surface area contributed by atoms with Crippen molar-refractivity contribution in [2.75, 3.05) is 19.6 Å². The van der Waals surface area contributed by atoms with E-state index in [0.29, 0.717) is 23.5 Å². The summed E-state index contributed by atoms with van der Waals surface area (Å²) < 4.78 is 28.3. The Bertz CT molecular complexity index is 1290. The van der Waals surface area contributed by atoms with E-state index < -0.39 is 40.0 Å². The van der Waals surface area contributed by atoms with Crippen LogP contribution in [0.5, 0.6) is 0 Å². The van der Waals surface area contributed by atoms with E-state index in [2.05, 4.69) is 0 Å². The largest absolute Gasteiger partial charge is 0.480 e. The molecule has 36 heavy (non-hydrogen) atoms. The van der Waals surface area contributed by atoms with E-state index in [9.17, 15) is 27.9 Å². The monoisotopic (exact) mass is 535 g/mol. The summed E-state index contributed by atoms with van der Waals surface area (Å²) in [6.07, 6.45) is 2.98. The number of carbonyl (C=O) groups excluding carboxylic acids is 2. The van der Waals surface area contributed by atoms with E-state index in [0.717, 1.165) is 29.0 Å². The minimum absolute atomic E-state index is 0.0937. The molecule has 0 aromatic heterocycles. The molecule has 2 fully saturated rings. The van der Waals surface area contributed by atoms with E-state index in [1.807, 2.05) is 0 Å². The molecule has 2 aromatic rings. The second-order valence-electron chi connectivity index (χ2n) is 9.40. The summed E-state index contributed by atoms with van der Waals surface area (Å²) in [5, 5.41) is 11.6. The van der Waals surface area contributed by atoms with Crippen LogP contribution < -0.4 is 0 Å². The summed E-state index contributed by atoms with van der Waals surface area (Å²) in [7, 11) is -4.38. The molecule has 2 heterocycles. The first-order valence-corrected chi connectivity index (χ1v) is 13.9. The number of hydrogen-bond acceptors (Lipinski definition) is 5. The highest BCUT2D eigenvalue weighted by Gasteiger charge is 2.48. The van der Waals surface area contributed by atoms with Crippen LogP contribution in [0.3, 0.4) is 0 Å². The molecular formula is C25H30ClN3O6S. The molecule has 4 rings (SSSR count). The van der Waals surface area contributed by atoms with Gasteiger partial charge in [-0.3, -0.25) is 14.4 Å². The molecule has 3 atom stereocenters. The Morgan fingerprint density at radius 1 is 1.03 bits per heavy atom. The zero-order valence-electron chi connectivity index (χ0n) is 20.3. The number of fused-ring (bicyclic) bond motifs is 1. The minimum Gasteiger partial charge on any atom is -0.480 e. The number of rotatable bonds is 7. The van der Waals surface area contributed by atoms with Crippen LogP contribution in [0, 0.1) is 0 Å². The van der Waals surface area contributed by atoms with Crippen molar-refractivity contribution in [1.82, 2.24) is 14.1 Å². The van der Waals surface area contributed by atoms with Gasteiger partial charge >= 0.3 is 5.97 Å². The van der Waals surface area contributed by atoms with E-state index >= 15 is 0 Å². The number of hydrogen-bond donors (Lipinski definition) is 1. The Balaban J connectivity index is 1.65. The van der Waals surface area contributed by atoms with Crippen molar-refractivity contribution < 1.29 is 27.9 Å². The minimum atomic E-state index is -4.38. The number of halogens is 1. The van der Waals surface area contributed by atoms with Gasteiger partial charge in [-0.15, -0.1) is 0 Å². The van der Waals surface area contributed by atoms with Crippen molar-refractivity contribution in [2.24, 2.45) is 0 Å². The number of carbonyl (C=O) groups is 3. The molecule has 0 bridgehead atoms. The molecule has 11 heteroatoms. The van der Waals surface area contributed by atoms with Crippen LogP contribution in [0.1, 0.15) is 39.5 Å². The van der Waals surface area contributed by atoms with Crippen molar-refractivity contribution in [3.63, 3.8) is 0 Å². The van der Waals surface area contributed by atoms with E-state index in [1.54, 1.807) is 36.1 Å². The average Bonchev–Trinajstić information content (AvgIpc) is 3.23. The van der Waals surface area contributed by atoms with Gasteiger partial charge in [-0.05, 0) is 74.6 Å². The zero-order chi connectivity index (χ0) is 26.2. The SMILES string of the molecule is CC(C(=O)O)N([C@H]1CCN([C@@H](C)C(=O)N2CCCCC2)C1=O)S(=O)(=O)c1ccc2cc(Cl)ccc2c1. The number of sulfonamides is 1. The number of carboxylic acid groups (broad SMARTS) is 1. The van der Waals surface area contributed by atoms with Crippen LogP contribution in [-0.2, 0) is 24.4 Å². The number of benzene rings is 2. The molecule has 2 aliphatic rings. The Labute approximate surface area is 215 Å². The van der Waals surface area contributed by atoms with Gasteiger partial charge in [0.05, 0.1) is 4.90 Å². The Morgan fingerprint density at radius 3 is 2.33 bits per heavy atom. The van der Waals surface area contributed by atoms with Crippen molar-refractivity contribution in [2.45, 2.75) is 62.6 Å². The molecule has 9 nitrogen and oxygen atoms in total. The van der Waals surface area contributed by atoms with Gasteiger partial charge in [0, 0.05) is 24.7 Å². The first-order valence-electron chi connectivity index (χ1n) is 12.1.